The molecule has 0 fully saturated rings. The van der Waals surface area contributed by atoms with E-state index in [4.69, 9.17) is 0 Å². The number of amides is 2. The molecule has 0 aliphatic carbocycles. The second kappa shape index (κ2) is 4.64. The van der Waals surface area contributed by atoms with Crippen LogP contribution in [0.2, 0.25) is 0 Å². The Kier molecular flexibility index (Phi) is 2.83. The van der Waals surface area contributed by atoms with Gasteiger partial charge in [0.05, 0.1) is 11.1 Å². The van der Waals surface area contributed by atoms with Crippen molar-refractivity contribution in [2.75, 3.05) is 6.54 Å². The molecule has 0 spiro atoms. The summed E-state index contributed by atoms with van der Waals surface area (Å²) in [6, 6.07) is 1.59. The number of nitrogens with zero attached hydrogens (tertiary/aromatic N) is 3. The van der Waals surface area contributed by atoms with Gasteiger partial charge in [-0.3, -0.25) is 19.5 Å². The number of H-pyrrole nitrogens is 1. The molecule has 1 N–H and O–H groups in total. The van der Waals surface area contributed by atoms with E-state index in [1.165, 1.54) is 17.3 Å². The fraction of sp³-hybridized carbons (Fsp3) is 0.231. The van der Waals surface area contributed by atoms with E-state index in [0.29, 0.717) is 30.5 Å². The van der Waals surface area contributed by atoms with Crippen LogP contribution in [0.5, 0.6) is 0 Å². The molecule has 1 aliphatic heterocycles. The Labute approximate surface area is 109 Å². The lowest BCUT2D eigenvalue weighted by molar-refractivity contribution is 0.0652. The fourth-order valence-corrected chi connectivity index (χ4v) is 2.18. The third-order valence-electron chi connectivity index (χ3n) is 3.12. The number of rotatable bonds is 4. The third kappa shape index (κ3) is 2.01. The highest BCUT2D eigenvalue weighted by molar-refractivity contribution is 6.21. The number of fused-ring (bicyclic) bond motifs is 1. The predicted octanol–water partition coefficient (Wildman–Crippen LogP) is 1.03. The molecule has 2 aromatic rings. The molecule has 2 aromatic heterocycles. The molecule has 0 radical (unpaired) electrons. The Bertz CT molecular complexity index is 586. The van der Waals surface area contributed by atoms with Gasteiger partial charge in [-0.2, -0.15) is 0 Å². The lowest BCUT2D eigenvalue weighted by Crippen LogP contribution is -2.31. The molecule has 19 heavy (non-hydrogen) atoms. The van der Waals surface area contributed by atoms with Crippen molar-refractivity contribution in [1.82, 2.24) is 19.9 Å². The minimum absolute atomic E-state index is 0.234. The highest BCUT2D eigenvalue weighted by Crippen LogP contribution is 2.21. The highest BCUT2D eigenvalue weighted by Gasteiger charge is 2.34. The molecule has 0 unspecified atom stereocenters. The summed E-state index contributed by atoms with van der Waals surface area (Å²) in [4.78, 5) is 36.3. The van der Waals surface area contributed by atoms with Crippen molar-refractivity contribution in [3.63, 3.8) is 0 Å². The van der Waals surface area contributed by atoms with Crippen LogP contribution in [0, 0.1) is 0 Å². The first-order valence-electron chi connectivity index (χ1n) is 6.06. The number of hydrogen-bond acceptors (Lipinski definition) is 4. The van der Waals surface area contributed by atoms with Gasteiger partial charge in [-0.05, 0) is 12.5 Å². The summed E-state index contributed by atoms with van der Waals surface area (Å²) in [5.74, 6) is 0.368. The van der Waals surface area contributed by atoms with E-state index in [0.717, 1.165) is 5.82 Å². The van der Waals surface area contributed by atoms with E-state index in [2.05, 4.69) is 15.0 Å². The lowest BCUT2D eigenvalue weighted by Gasteiger charge is -2.12. The molecule has 0 saturated heterocycles. The van der Waals surface area contributed by atoms with Gasteiger partial charge in [0, 0.05) is 37.8 Å². The van der Waals surface area contributed by atoms with Gasteiger partial charge < -0.3 is 4.98 Å². The van der Waals surface area contributed by atoms with Crippen LogP contribution in [0.15, 0.2) is 30.9 Å². The van der Waals surface area contributed by atoms with E-state index in [1.54, 1.807) is 18.5 Å². The molecule has 0 atom stereocenters. The number of imidazole rings is 1. The molecule has 2 amide bonds. The molecule has 0 bridgehead atoms. The maximum atomic E-state index is 12.1. The molecule has 6 nitrogen and oxygen atoms in total. The van der Waals surface area contributed by atoms with Crippen molar-refractivity contribution < 1.29 is 9.59 Å². The molecular formula is C13H12N4O2. The van der Waals surface area contributed by atoms with Crippen LogP contribution in [0.25, 0.3) is 0 Å². The normalized spacial score (nSPS) is 14.0. The summed E-state index contributed by atoms with van der Waals surface area (Å²) in [6.45, 7) is 0.396. The number of carbonyl (C=O) groups excluding carboxylic acids is 2. The van der Waals surface area contributed by atoms with Crippen LogP contribution in [0.3, 0.4) is 0 Å². The molecule has 96 valence electrons. The molecular weight excluding hydrogens is 244 g/mol. The molecule has 3 heterocycles. The zero-order valence-electron chi connectivity index (χ0n) is 10.2. The minimum Gasteiger partial charge on any atom is -0.349 e. The molecule has 6 heteroatoms. The first-order chi connectivity index (χ1) is 9.27. The van der Waals surface area contributed by atoms with Crippen molar-refractivity contribution in [2.24, 2.45) is 0 Å². The van der Waals surface area contributed by atoms with E-state index < -0.39 is 0 Å². The zero-order valence-corrected chi connectivity index (χ0v) is 10.2. The largest absolute Gasteiger partial charge is 0.349 e. The number of pyridine rings is 1. The van der Waals surface area contributed by atoms with E-state index in [-0.39, 0.29) is 11.8 Å². The summed E-state index contributed by atoms with van der Waals surface area (Å²) in [5.41, 5.74) is 0.837. The number of nitrogens with one attached hydrogen (secondary N) is 1. The monoisotopic (exact) mass is 256 g/mol. The maximum Gasteiger partial charge on any atom is 0.263 e. The quantitative estimate of drug-likeness (QED) is 0.829. The molecule has 1 aliphatic rings. The van der Waals surface area contributed by atoms with E-state index in [1.807, 2.05) is 0 Å². The highest BCUT2D eigenvalue weighted by atomic mass is 16.2. The fourth-order valence-electron chi connectivity index (χ4n) is 2.18. The zero-order chi connectivity index (χ0) is 13.2. The lowest BCUT2D eigenvalue weighted by atomic mass is 10.2. The SMILES string of the molecule is O=C1c2ccncc2C(=O)N1CCCc1ncc[nH]1. The number of carbonyl (C=O) groups is 2. The third-order valence-corrected chi connectivity index (χ3v) is 3.12. The van der Waals surface area contributed by atoms with E-state index in [9.17, 15) is 9.59 Å². The summed E-state index contributed by atoms with van der Waals surface area (Å²) >= 11 is 0. The van der Waals surface area contributed by atoms with Gasteiger partial charge in [0.15, 0.2) is 0 Å². The van der Waals surface area contributed by atoms with E-state index >= 15 is 0 Å². The first-order valence-corrected chi connectivity index (χ1v) is 6.06. The Morgan fingerprint density at radius 1 is 1.16 bits per heavy atom. The summed E-state index contributed by atoms with van der Waals surface area (Å²) < 4.78 is 0. The molecule has 0 saturated carbocycles. The number of hydrogen-bond donors (Lipinski definition) is 1. The summed E-state index contributed by atoms with van der Waals surface area (Å²) in [7, 11) is 0. The van der Waals surface area contributed by atoms with Gasteiger partial charge in [-0.25, -0.2) is 4.98 Å². The molecule has 0 aromatic carbocycles. The van der Waals surface area contributed by atoms with Gasteiger partial charge in [-0.1, -0.05) is 0 Å². The van der Waals surface area contributed by atoms with Crippen molar-refractivity contribution >= 4 is 11.8 Å². The number of aromatic nitrogens is 3. The Balaban J connectivity index is 1.67. The average Bonchev–Trinajstić information content (AvgIpc) is 3.02. The average molecular weight is 256 g/mol. The first kappa shape index (κ1) is 11.6. The van der Waals surface area contributed by atoms with Crippen LogP contribution in [-0.4, -0.2) is 38.2 Å². The van der Waals surface area contributed by atoms with Gasteiger partial charge in [-0.15, -0.1) is 0 Å². The summed E-state index contributed by atoms with van der Waals surface area (Å²) in [5, 5.41) is 0. The molecule has 3 rings (SSSR count). The van der Waals surface area contributed by atoms with Crippen molar-refractivity contribution in [3.05, 3.63) is 47.8 Å². The van der Waals surface area contributed by atoms with Gasteiger partial charge >= 0.3 is 0 Å². The van der Waals surface area contributed by atoms with Crippen molar-refractivity contribution in [2.45, 2.75) is 12.8 Å². The Morgan fingerprint density at radius 2 is 2.00 bits per heavy atom. The minimum atomic E-state index is -0.257. The summed E-state index contributed by atoms with van der Waals surface area (Å²) in [6.07, 6.45) is 7.80. The topological polar surface area (TPSA) is 79.0 Å². The van der Waals surface area contributed by atoms with Crippen LogP contribution < -0.4 is 0 Å². The van der Waals surface area contributed by atoms with Gasteiger partial charge in [0.1, 0.15) is 5.82 Å². The second-order valence-corrected chi connectivity index (χ2v) is 4.32. The standard InChI is InChI=1S/C13H12N4O2/c18-12-9-3-4-14-8-10(9)13(19)17(12)7-1-2-11-15-5-6-16-11/h3-6,8H,1-2,7H2,(H,15,16). The second-order valence-electron chi connectivity index (χ2n) is 4.32. The van der Waals surface area contributed by atoms with Crippen LogP contribution in [0.4, 0.5) is 0 Å². The van der Waals surface area contributed by atoms with Gasteiger partial charge in [0.2, 0.25) is 0 Å². The predicted molar refractivity (Wildman–Crippen MR) is 66.5 cm³/mol. The smallest absolute Gasteiger partial charge is 0.263 e. The number of aromatic amines is 1. The maximum absolute atomic E-state index is 12.1. The Hall–Kier alpha value is -2.50. The van der Waals surface area contributed by atoms with Gasteiger partial charge in [0.25, 0.3) is 11.8 Å². The van der Waals surface area contributed by atoms with Crippen LogP contribution in [0.1, 0.15) is 33.0 Å². The van der Waals surface area contributed by atoms with Crippen LogP contribution in [-0.2, 0) is 6.42 Å². The van der Waals surface area contributed by atoms with Crippen LogP contribution >= 0.6 is 0 Å². The van der Waals surface area contributed by atoms with Crippen molar-refractivity contribution in [3.8, 4) is 0 Å². The van der Waals surface area contributed by atoms with Crippen molar-refractivity contribution in [1.29, 1.82) is 0 Å². The number of aryl methyl sites for hydroxylation is 1. The Morgan fingerprint density at radius 3 is 2.74 bits per heavy atom. The number of imide groups is 1.